The average molecular weight is 379 g/mol. The number of carbonyl (C=O) groups is 3. The smallest absolute Gasteiger partial charge is 0.327 e. The lowest BCUT2D eigenvalue weighted by Gasteiger charge is -2.31. The standard InChI is InChI=1S/C19H23ClN2O4/c1-4-19(18(25)26-6-3)14-13(16(23)22(5-2)17(14)24)15(21-19)11-7-9-12(20)10-8-11/h7-10,13-15,21H,4-6H2,1-3H3/t13-,14-,15-,19-/m1/s1. The Kier molecular flexibility index (Phi) is 5.08. The van der Waals surface area contributed by atoms with E-state index in [2.05, 4.69) is 5.32 Å². The summed E-state index contributed by atoms with van der Waals surface area (Å²) in [4.78, 5) is 40.0. The number of likely N-dealkylation sites (tertiary alicyclic amines) is 1. The first-order chi connectivity index (χ1) is 12.4. The minimum atomic E-state index is -1.21. The molecular formula is C19H23ClN2O4. The van der Waals surface area contributed by atoms with Gasteiger partial charge in [-0.25, -0.2) is 0 Å². The lowest BCUT2D eigenvalue weighted by atomic mass is 9.78. The summed E-state index contributed by atoms with van der Waals surface area (Å²) in [6.07, 6.45) is 0.355. The van der Waals surface area contributed by atoms with Crippen molar-refractivity contribution in [3.63, 3.8) is 0 Å². The summed E-state index contributed by atoms with van der Waals surface area (Å²) in [5, 5.41) is 3.88. The van der Waals surface area contributed by atoms with E-state index >= 15 is 0 Å². The molecule has 140 valence electrons. The average Bonchev–Trinajstić information content (AvgIpc) is 3.11. The lowest BCUT2D eigenvalue weighted by Crippen LogP contribution is -2.56. The molecule has 0 bridgehead atoms. The second-order valence-corrected chi connectivity index (χ2v) is 7.08. The predicted molar refractivity (Wildman–Crippen MR) is 96.4 cm³/mol. The van der Waals surface area contributed by atoms with Gasteiger partial charge in [-0.2, -0.15) is 0 Å². The maximum atomic E-state index is 13.0. The monoisotopic (exact) mass is 378 g/mol. The number of nitrogens with zero attached hydrogens (tertiary/aromatic N) is 1. The highest BCUT2D eigenvalue weighted by Crippen LogP contribution is 2.50. The Labute approximate surface area is 157 Å². The van der Waals surface area contributed by atoms with Crippen LogP contribution in [0.2, 0.25) is 5.02 Å². The largest absolute Gasteiger partial charge is 0.465 e. The number of nitrogens with one attached hydrogen (secondary N) is 1. The highest BCUT2D eigenvalue weighted by atomic mass is 35.5. The van der Waals surface area contributed by atoms with Crippen molar-refractivity contribution in [3.05, 3.63) is 34.9 Å². The second kappa shape index (κ2) is 7.00. The van der Waals surface area contributed by atoms with Gasteiger partial charge in [0.25, 0.3) is 0 Å². The van der Waals surface area contributed by atoms with Crippen LogP contribution in [-0.2, 0) is 19.1 Å². The fourth-order valence-corrected chi connectivity index (χ4v) is 4.37. The van der Waals surface area contributed by atoms with Gasteiger partial charge in [0.15, 0.2) is 0 Å². The molecule has 0 radical (unpaired) electrons. The number of ether oxygens (including phenoxy) is 1. The number of imide groups is 1. The van der Waals surface area contributed by atoms with Crippen molar-refractivity contribution in [3.8, 4) is 0 Å². The summed E-state index contributed by atoms with van der Waals surface area (Å²) in [6, 6.07) is 6.67. The van der Waals surface area contributed by atoms with Gasteiger partial charge in [0, 0.05) is 17.6 Å². The third-order valence-electron chi connectivity index (χ3n) is 5.49. The van der Waals surface area contributed by atoms with E-state index in [9.17, 15) is 14.4 Å². The molecule has 2 aliphatic rings. The number of hydrogen-bond donors (Lipinski definition) is 1. The molecule has 2 saturated heterocycles. The first kappa shape index (κ1) is 18.9. The van der Waals surface area contributed by atoms with Crippen molar-refractivity contribution < 1.29 is 19.1 Å². The second-order valence-electron chi connectivity index (χ2n) is 6.64. The number of rotatable bonds is 5. The molecule has 2 fully saturated rings. The van der Waals surface area contributed by atoms with Gasteiger partial charge in [0.05, 0.1) is 18.4 Å². The van der Waals surface area contributed by atoms with Gasteiger partial charge >= 0.3 is 5.97 Å². The molecule has 3 rings (SSSR count). The fraction of sp³-hybridized carbons (Fsp3) is 0.526. The number of amides is 2. The summed E-state index contributed by atoms with van der Waals surface area (Å²) in [6.45, 7) is 5.83. The molecule has 1 aromatic carbocycles. The van der Waals surface area contributed by atoms with Gasteiger partial charge < -0.3 is 4.74 Å². The van der Waals surface area contributed by atoms with Gasteiger partial charge in [-0.05, 0) is 38.0 Å². The van der Waals surface area contributed by atoms with Crippen LogP contribution in [-0.4, -0.2) is 41.4 Å². The van der Waals surface area contributed by atoms with Crippen LogP contribution in [0.4, 0.5) is 0 Å². The molecule has 4 atom stereocenters. The van der Waals surface area contributed by atoms with Crippen molar-refractivity contribution in [2.45, 2.75) is 38.8 Å². The molecule has 2 heterocycles. The quantitative estimate of drug-likeness (QED) is 0.628. The van der Waals surface area contributed by atoms with Crippen LogP contribution in [0, 0.1) is 11.8 Å². The summed E-state index contributed by atoms with van der Waals surface area (Å²) in [7, 11) is 0. The highest BCUT2D eigenvalue weighted by Gasteiger charge is 2.67. The Hall–Kier alpha value is -1.92. The SMILES string of the molecule is CCOC(=O)[C@]1(CC)N[C@H](c2ccc(Cl)cc2)[C@@H]2C(=O)N(CC)C(=O)[C@@H]21. The molecule has 1 aromatic rings. The van der Waals surface area contributed by atoms with Crippen molar-refractivity contribution >= 4 is 29.4 Å². The van der Waals surface area contributed by atoms with E-state index in [1.54, 1.807) is 26.0 Å². The van der Waals surface area contributed by atoms with Gasteiger partial charge in [0.2, 0.25) is 11.8 Å². The maximum Gasteiger partial charge on any atom is 0.327 e. The van der Waals surface area contributed by atoms with E-state index in [1.807, 2.05) is 19.1 Å². The predicted octanol–water partition coefficient (Wildman–Crippen LogP) is 2.32. The molecule has 6 nitrogen and oxygen atoms in total. The molecule has 2 amide bonds. The van der Waals surface area contributed by atoms with Crippen LogP contribution in [0.3, 0.4) is 0 Å². The summed E-state index contributed by atoms with van der Waals surface area (Å²) in [5.41, 5.74) is -0.384. The Morgan fingerprint density at radius 1 is 1.19 bits per heavy atom. The van der Waals surface area contributed by atoms with Crippen molar-refractivity contribution in [1.29, 1.82) is 0 Å². The number of benzene rings is 1. The fourth-order valence-electron chi connectivity index (χ4n) is 4.25. The third kappa shape index (κ3) is 2.63. The third-order valence-corrected chi connectivity index (χ3v) is 5.74. The Morgan fingerprint density at radius 2 is 1.85 bits per heavy atom. The zero-order chi connectivity index (χ0) is 19.1. The molecule has 0 spiro atoms. The minimum absolute atomic E-state index is 0.213. The molecule has 0 aromatic heterocycles. The van der Waals surface area contributed by atoms with Gasteiger partial charge in [-0.1, -0.05) is 30.7 Å². The molecular weight excluding hydrogens is 356 g/mol. The first-order valence-electron chi connectivity index (χ1n) is 8.96. The normalized spacial score (nSPS) is 30.6. The summed E-state index contributed by atoms with van der Waals surface area (Å²) in [5.74, 6) is -2.42. The molecule has 0 unspecified atom stereocenters. The molecule has 0 saturated carbocycles. The van der Waals surface area contributed by atoms with E-state index in [-0.39, 0.29) is 18.4 Å². The molecule has 7 heteroatoms. The van der Waals surface area contributed by atoms with Crippen LogP contribution < -0.4 is 5.32 Å². The van der Waals surface area contributed by atoms with E-state index in [0.717, 1.165) is 5.56 Å². The Bertz CT molecular complexity index is 736. The topological polar surface area (TPSA) is 75.7 Å². The molecule has 1 N–H and O–H groups in total. The highest BCUT2D eigenvalue weighted by molar-refractivity contribution is 6.30. The van der Waals surface area contributed by atoms with Crippen molar-refractivity contribution in [1.82, 2.24) is 10.2 Å². The van der Waals surface area contributed by atoms with Crippen LogP contribution >= 0.6 is 11.6 Å². The van der Waals surface area contributed by atoms with E-state index in [1.165, 1.54) is 4.90 Å². The van der Waals surface area contributed by atoms with E-state index in [0.29, 0.717) is 18.0 Å². The zero-order valence-electron chi connectivity index (χ0n) is 15.1. The summed E-state index contributed by atoms with van der Waals surface area (Å²) >= 11 is 5.98. The van der Waals surface area contributed by atoms with Crippen LogP contribution in [0.15, 0.2) is 24.3 Å². The maximum absolute atomic E-state index is 13.0. The molecule has 2 aliphatic heterocycles. The minimum Gasteiger partial charge on any atom is -0.465 e. The van der Waals surface area contributed by atoms with Gasteiger partial charge in [-0.3, -0.25) is 24.6 Å². The Morgan fingerprint density at radius 3 is 2.38 bits per heavy atom. The van der Waals surface area contributed by atoms with E-state index < -0.39 is 29.4 Å². The first-order valence-corrected chi connectivity index (χ1v) is 9.34. The molecule has 26 heavy (non-hydrogen) atoms. The summed E-state index contributed by atoms with van der Waals surface area (Å²) < 4.78 is 5.28. The lowest BCUT2D eigenvalue weighted by molar-refractivity contribution is -0.156. The zero-order valence-corrected chi connectivity index (χ0v) is 15.9. The van der Waals surface area contributed by atoms with Crippen LogP contribution in [0.1, 0.15) is 38.8 Å². The van der Waals surface area contributed by atoms with Crippen LogP contribution in [0.25, 0.3) is 0 Å². The van der Waals surface area contributed by atoms with Crippen LogP contribution in [0.5, 0.6) is 0 Å². The van der Waals surface area contributed by atoms with E-state index in [4.69, 9.17) is 16.3 Å². The number of carbonyl (C=O) groups excluding carboxylic acids is 3. The number of esters is 1. The van der Waals surface area contributed by atoms with Gasteiger partial charge in [0.1, 0.15) is 5.54 Å². The number of fused-ring (bicyclic) bond motifs is 1. The molecule has 0 aliphatic carbocycles. The van der Waals surface area contributed by atoms with Crippen molar-refractivity contribution in [2.75, 3.05) is 13.2 Å². The van der Waals surface area contributed by atoms with Crippen molar-refractivity contribution in [2.24, 2.45) is 11.8 Å². The Balaban J connectivity index is 2.11. The van der Waals surface area contributed by atoms with Gasteiger partial charge in [-0.15, -0.1) is 0 Å². The number of halogens is 1. The number of hydrogen-bond acceptors (Lipinski definition) is 5.